The Morgan fingerprint density at radius 3 is 3.11 bits per heavy atom. The van der Waals surface area contributed by atoms with Crippen LogP contribution in [-0.4, -0.2) is 48.8 Å². The monoisotopic (exact) mass is 253 g/mol. The number of oxazole rings is 1. The molecule has 0 saturated carbocycles. The number of aryl methyl sites for hydroxylation is 1. The molecule has 18 heavy (non-hydrogen) atoms. The van der Waals surface area contributed by atoms with E-state index in [-0.39, 0.29) is 6.10 Å². The number of aromatic nitrogens is 1. The third kappa shape index (κ3) is 3.80. The Balaban J connectivity index is 1.68. The number of morpholine rings is 1. The van der Waals surface area contributed by atoms with Crippen molar-refractivity contribution in [2.45, 2.75) is 32.9 Å². The molecule has 5 nitrogen and oxygen atoms in total. The highest BCUT2D eigenvalue weighted by atomic mass is 16.5. The van der Waals surface area contributed by atoms with Crippen molar-refractivity contribution in [2.75, 3.05) is 32.8 Å². The number of hydrogen-bond acceptors (Lipinski definition) is 5. The first-order chi connectivity index (χ1) is 8.81. The molecule has 2 rings (SSSR count). The first kappa shape index (κ1) is 13.5. The zero-order chi connectivity index (χ0) is 12.8. The van der Waals surface area contributed by atoms with Crippen LogP contribution in [-0.2, 0) is 17.7 Å². The van der Waals surface area contributed by atoms with E-state index in [9.17, 15) is 0 Å². The van der Waals surface area contributed by atoms with Crippen LogP contribution < -0.4 is 5.32 Å². The Bertz CT molecular complexity index is 354. The number of likely N-dealkylation sites (N-methyl/N-ethyl adjacent to an activating group) is 1. The SMILES string of the molecule is CCc1cnc(CNCC2CN(CC)CCO2)o1. The van der Waals surface area contributed by atoms with Crippen LogP contribution in [0.1, 0.15) is 25.5 Å². The van der Waals surface area contributed by atoms with Gasteiger partial charge in [-0.3, -0.25) is 4.90 Å². The van der Waals surface area contributed by atoms with E-state index in [4.69, 9.17) is 9.15 Å². The molecule has 5 heteroatoms. The maximum atomic E-state index is 5.72. The summed E-state index contributed by atoms with van der Waals surface area (Å²) in [5.74, 6) is 1.70. The summed E-state index contributed by atoms with van der Waals surface area (Å²) in [5, 5.41) is 3.35. The van der Waals surface area contributed by atoms with Crippen molar-refractivity contribution in [3.05, 3.63) is 17.8 Å². The first-order valence-corrected chi connectivity index (χ1v) is 6.80. The van der Waals surface area contributed by atoms with Crippen LogP contribution in [0.25, 0.3) is 0 Å². The standard InChI is InChI=1S/C13H23N3O2/c1-3-11-8-15-13(18-11)9-14-7-12-10-16(4-2)5-6-17-12/h8,12,14H,3-7,9-10H2,1-2H3. The fraction of sp³-hybridized carbons (Fsp3) is 0.769. The molecule has 1 atom stereocenters. The smallest absolute Gasteiger partial charge is 0.208 e. The molecular weight excluding hydrogens is 230 g/mol. The molecule has 1 aromatic rings. The van der Waals surface area contributed by atoms with Gasteiger partial charge in [-0.2, -0.15) is 0 Å². The fourth-order valence-electron chi connectivity index (χ4n) is 2.12. The first-order valence-electron chi connectivity index (χ1n) is 6.80. The predicted molar refractivity (Wildman–Crippen MR) is 69.4 cm³/mol. The van der Waals surface area contributed by atoms with Crippen molar-refractivity contribution < 1.29 is 9.15 Å². The number of hydrogen-bond donors (Lipinski definition) is 1. The molecule has 1 N–H and O–H groups in total. The highest BCUT2D eigenvalue weighted by Crippen LogP contribution is 2.06. The molecule has 1 aromatic heterocycles. The van der Waals surface area contributed by atoms with Crippen LogP contribution in [0, 0.1) is 0 Å². The average Bonchev–Trinajstić information content (AvgIpc) is 2.87. The van der Waals surface area contributed by atoms with E-state index in [0.717, 1.165) is 50.9 Å². The molecule has 0 aliphatic carbocycles. The maximum Gasteiger partial charge on any atom is 0.208 e. The molecular formula is C13H23N3O2. The molecule has 0 aromatic carbocycles. The van der Waals surface area contributed by atoms with Crippen LogP contribution in [0.15, 0.2) is 10.6 Å². The number of rotatable bonds is 6. The summed E-state index contributed by atoms with van der Waals surface area (Å²) in [4.78, 5) is 6.63. The van der Waals surface area contributed by atoms with E-state index in [2.05, 4.69) is 29.0 Å². The van der Waals surface area contributed by atoms with Crippen molar-refractivity contribution in [3.63, 3.8) is 0 Å². The maximum absolute atomic E-state index is 5.72. The van der Waals surface area contributed by atoms with Crippen molar-refractivity contribution in [1.82, 2.24) is 15.2 Å². The Kier molecular flexibility index (Phi) is 5.16. The third-order valence-corrected chi connectivity index (χ3v) is 3.27. The molecule has 1 aliphatic rings. The van der Waals surface area contributed by atoms with Crippen LogP contribution in [0.5, 0.6) is 0 Å². The molecule has 0 spiro atoms. The Morgan fingerprint density at radius 1 is 1.50 bits per heavy atom. The van der Waals surface area contributed by atoms with Gasteiger partial charge in [0, 0.05) is 26.1 Å². The van der Waals surface area contributed by atoms with Gasteiger partial charge in [-0.25, -0.2) is 4.98 Å². The summed E-state index contributed by atoms with van der Waals surface area (Å²) in [6, 6.07) is 0. The Morgan fingerprint density at radius 2 is 2.39 bits per heavy atom. The zero-order valence-electron chi connectivity index (χ0n) is 11.3. The normalized spacial score (nSPS) is 21.3. The molecule has 102 valence electrons. The highest BCUT2D eigenvalue weighted by molar-refractivity contribution is 4.93. The lowest BCUT2D eigenvalue weighted by molar-refractivity contribution is -0.0255. The lowest BCUT2D eigenvalue weighted by atomic mass is 10.2. The fourth-order valence-corrected chi connectivity index (χ4v) is 2.12. The van der Waals surface area contributed by atoms with E-state index >= 15 is 0 Å². The van der Waals surface area contributed by atoms with E-state index < -0.39 is 0 Å². The molecule has 0 radical (unpaired) electrons. The minimum Gasteiger partial charge on any atom is -0.444 e. The number of nitrogens with zero attached hydrogens (tertiary/aromatic N) is 2. The third-order valence-electron chi connectivity index (χ3n) is 3.27. The summed E-state index contributed by atoms with van der Waals surface area (Å²) in [7, 11) is 0. The van der Waals surface area contributed by atoms with Gasteiger partial charge < -0.3 is 14.5 Å². The van der Waals surface area contributed by atoms with E-state index in [1.165, 1.54) is 0 Å². The van der Waals surface area contributed by atoms with Gasteiger partial charge in [0.15, 0.2) is 0 Å². The Hall–Kier alpha value is -0.910. The van der Waals surface area contributed by atoms with Gasteiger partial charge in [-0.1, -0.05) is 13.8 Å². The largest absolute Gasteiger partial charge is 0.444 e. The predicted octanol–water partition coefficient (Wildman–Crippen LogP) is 1.05. The van der Waals surface area contributed by atoms with Crippen LogP contribution in [0.3, 0.4) is 0 Å². The second kappa shape index (κ2) is 6.87. The second-order valence-corrected chi connectivity index (χ2v) is 4.59. The average molecular weight is 253 g/mol. The van der Waals surface area contributed by atoms with Gasteiger partial charge in [0.2, 0.25) is 5.89 Å². The summed E-state index contributed by atoms with van der Waals surface area (Å²) in [6.45, 7) is 9.76. The summed E-state index contributed by atoms with van der Waals surface area (Å²) >= 11 is 0. The van der Waals surface area contributed by atoms with E-state index in [1.54, 1.807) is 6.20 Å². The minimum absolute atomic E-state index is 0.277. The molecule has 1 fully saturated rings. The minimum atomic E-state index is 0.277. The zero-order valence-corrected chi connectivity index (χ0v) is 11.3. The summed E-state index contributed by atoms with van der Waals surface area (Å²) in [6.07, 6.45) is 2.97. The van der Waals surface area contributed by atoms with Crippen LogP contribution in [0.4, 0.5) is 0 Å². The topological polar surface area (TPSA) is 50.5 Å². The van der Waals surface area contributed by atoms with Crippen LogP contribution >= 0.6 is 0 Å². The van der Waals surface area contributed by atoms with E-state index in [0.29, 0.717) is 6.54 Å². The van der Waals surface area contributed by atoms with Crippen molar-refractivity contribution >= 4 is 0 Å². The number of nitrogens with one attached hydrogen (secondary N) is 1. The van der Waals surface area contributed by atoms with Gasteiger partial charge in [-0.05, 0) is 6.54 Å². The molecule has 1 aliphatic heterocycles. The molecule has 0 bridgehead atoms. The summed E-state index contributed by atoms with van der Waals surface area (Å²) in [5.41, 5.74) is 0. The molecule has 0 amide bonds. The van der Waals surface area contributed by atoms with Crippen molar-refractivity contribution in [3.8, 4) is 0 Å². The van der Waals surface area contributed by atoms with Crippen molar-refractivity contribution in [1.29, 1.82) is 0 Å². The Labute approximate surface area is 109 Å². The lowest BCUT2D eigenvalue weighted by Crippen LogP contribution is -2.46. The lowest BCUT2D eigenvalue weighted by Gasteiger charge is -2.32. The van der Waals surface area contributed by atoms with Gasteiger partial charge in [0.05, 0.1) is 25.5 Å². The van der Waals surface area contributed by atoms with Crippen molar-refractivity contribution in [2.24, 2.45) is 0 Å². The van der Waals surface area contributed by atoms with E-state index in [1.807, 2.05) is 0 Å². The molecule has 1 saturated heterocycles. The quantitative estimate of drug-likeness (QED) is 0.821. The van der Waals surface area contributed by atoms with Gasteiger partial charge in [0.1, 0.15) is 5.76 Å². The highest BCUT2D eigenvalue weighted by Gasteiger charge is 2.18. The molecule has 2 heterocycles. The number of ether oxygens (including phenoxy) is 1. The second-order valence-electron chi connectivity index (χ2n) is 4.59. The van der Waals surface area contributed by atoms with Gasteiger partial charge >= 0.3 is 0 Å². The van der Waals surface area contributed by atoms with Crippen LogP contribution in [0.2, 0.25) is 0 Å². The molecule has 1 unspecified atom stereocenters. The summed E-state index contributed by atoms with van der Waals surface area (Å²) < 4.78 is 11.3. The van der Waals surface area contributed by atoms with Gasteiger partial charge in [-0.15, -0.1) is 0 Å². The van der Waals surface area contributed by atoms with Gasteiger partial charge in [0.25, 0.3) is 0 Å².